The minimum atomic E-state index is -0.795. The fraction of sp³-hybridized carbons (Fsp3) is 0.741. The minimum Gasteiger partial charge on any atom is -0.462 e. The maximum Gasteiger partial charge on any atom is 0.306 e. The molecule has 0 fully saturated rings. The summed E-state index contributed by atoms with van der Waals surface area (Å²) in [6, 6.07) is 0. The Labute approximate surface area is 395 Å². The molecule has 64 heavy (non-hydrogen) atoms. The predicted molar refractivity (Wildman–Crippen MR) is 274 cm³/mol. The Morgan fingerprint density at radius 1 is 0.344 bits per heavy atom. The van der Waals surface area contributed by atoms with Crippen molar-refractivity contribution >= 4 is 17.9 Å². The van der Waals surface area contributed by atoms with Gasteiger partial charge in [-0.15, -0.1) is 0 Å². The van der Waals surface area contributed by atoms with Crippen molar-refractivity contribution in [2.24, 2.45) is 0 Å². The lowest BCUT2D eigenvalue weighted by Gasteiger charge is -2.18. The minimum absolute atomic E-state index is 0.0908. The van der Waals surface area contributed by atoms with Crippen molar-refractivity contribution in [2.45, 2.75) is 264 Å². The highest BCUT2D eigenvalue weighted by atomic mass is 16.6. The van der Waals surface area contributed by atoms with Gasteiger partial charge in [-0.25, -0.2) is 0 Å². The molecule has 0 N–H and O–H groups in total. The highest BCUT2D eigenvalue weighted by Gasteiger charge is 2.19. The summed E-state index contributed by atoms with van der Waals surface area (Å²) in [4.78, 5) is 38.0. The number of unbranched alkanes of at least 4 members (excludes halogenated alkanes) is 27. The van der Waals surface area contributed by atoms with Gasteiger partial charge < -0.3 is 14.2 Å². The lowest BCUT2D eigenvalue weighted by Crippen LogP contribution is -2.30. The molecule has 6 heteroatoms. The van der Waals surface area contributed by atoms with Crippen molar-refractivity contribution in [1.29, 1.82) is 0 Å². The first-order valence-electron chi connectivity index (χ1n) is 27.0. The smallest absolute Gasteiger partial charge is 0.306 e. The molecule has 0 aromatic carbocycles. The average molecular weight is 893 g/mol. The molecule has 0 aromatic heterocycles. The molecular weight excluding hydrogens is 793 g/mol. The molecule has 0 aliphatic rings. The van der Waals surface area contributed by atoms with E-state index in [-0.39, 0.29) is 31.1 Å². The highest BCUT2D eigenvalue weighted by Crippen LogP contribution is 2.16. The van der Waals surface area contributed by atoms with Gasteiger partial charge in [0.1, 0.15) is 13.2 Å². The van der Waals surface area contributed by atoms with Crippen molar-refractivity contribution in [3.63, 3.8) is 0 Å². The molecule has 0 bridgehead atoms. The van der Waals surface area contributed by atoms with E-state index in [1.54, 1.807) is 0 Å². The third kappa shape index (κ3) is 49.9. The van der Waals surface area contributed by atoms with Gasteiger partial charge in [-0.05, 0) is 70.6 Å². The van der Waals surface area contributed by atoms with Crippen LogP contribution in [0.3, 0.4) is 0 Å². The van der Waals surface area contributed by atoms with Crippen LogP contribution in [0.15, 0.2) is 72.9 Å². The van der Waals surface area contributed by atoms with Crippen molar-refractivity contribution < 1.29 is 28.6 Å². The summed E-state index contributed by atoms with van der Waals surface area (Å²) in [5.41, 5.74) is 0. The zero-order valence-corrected chi connectivity index (χ0v) is 42.0. The summed E-state index contributed by atoms with van der Waals surface area (Å²) in [7, 11) is 0. The first kappa shape index (κ1) is 60.9. The normalized spacial score (nSPS) is 12.6. The zero-order chi connectivity index (χ0) is 46.5. The molecule has 0 rings (SSSR count). The Kier molecular flexibility index (Phi) is 49.9. The fourth-order valence-electron chi connectivity index (χ4n) is 7.52. The van der Waals surface area contributed by atoms with Gasteiger partial charge in [0.25, 0.3) is 0 Å². The maximum atomic E-state index is 12.8. The molecule has 0 amide bonds. The van der Waals surface area contributed by atoms with Crippen LogP contribution in [-0.2, 0) is 28.6 Å². The molecule has 0 saturated carbocycles. The summed E-state index contributed by atoms with van der Waals surface area (Å²) < 4.78 is 16.8. The summed E-state index contributed by atoms with van der Waals surface area (Å²) in [6.45, 7) is 6.37. The van der Waals surface area contributed by atoms with E-state index < -0.39 is 6.10 Å². The second kappa shape index (κ2) is 52.5. The van der Waals surface area contributed by atoms with Crippen molar-refractivity contribution in [2.75, 3.05) is 13.2 Å². The van der Waals surface area contributed by atoms with Gasteiger partial charge in [0.2, 0.25) is 0 Å². The first-order valence-corrected chi connectivity index (χ1v) is 27.0. The first-order chi connectivity index (χ1) is 31.5. The third-order valence-corrected chi connectivity index (χ3v) is 11.5. The largest absolute Gasteiger partial charge is 0.462 e. The fourth-order valence-corrected chi connectivity index (χ4v) is 7.52. The molecule has 0 radical (unpaired) electrons. The van der Waals surface area contributed by atoms with Crippen molar-refractivity contribution in [3.8, 4) is 0 Å². The third-order valence-electron chi connectivity index (χ3n) is 11.5. The monoisotopic (exact) mass is 893 g/mol. The molecule has 1 atom stereocenters. The van der Waals surface area contributed by atoms with Gasteiger partial charge in [-0.3, -0.25) is 14.4 Å². The molecule has 0 aromatic rings. The average Bonchev–Trinajstić information content (AvgIpc) is 3.29. The van der Waals surface area contributed by atoms with Crippen LogP contribution in [0.1, 0.15) is 258 Å². The molecule has 6 nitrogen and oxygen atoms in total. The van der Waals surface area contributed by atoms with Gasteiger partial charge in [0.15, 0.2) is 6.10 Å². The summed E-state index contributed by atoms with van der Waals surface area (Å²) in [5, 5.41) is 0. The van der Waals surface area contributed by atoms with Gasteiger partial charge >= 0.3 is 17.9 Å². The van der Waals surface area contributed by atoms with Crippen LogP contribution >= 0.6 is 0 Å². The lowest BCUT2D eigenvalue weighted by molar-refractivity contribution is -0.167. The number of carbonyl (C=O) groups is 3. The van der Waals surface area contributed by atoms with Crippen LogP contribution in [0, 0.1) is 0 Å². The Morgan fingerprint density at radius 3 is 1.16 bits per heavy atom. The number of hydrogen-bond acceptors (Lipinski definition) is 6. The predicted octanol–water partition coefficient (Wildman–Crippen LogP) is 17.8. The van der Waals surface area contributed by atoms with Crippen LogP contribution in [-0.4, -0.2) is 37.2 Å². The topological polar surface area (TPSA) is 78.9 Å². The molecule has 0 aliphatic carbocycles. The Hall–Kier alpha value is -3.15. The van der Waals surface area contributed by atoms with Gasteiger partial charge in [0.05, 0.1) is 0 Å². The Balaban J connectivity index is 4.36. The van der Waals surface area contributed by atoms with Crippen LogP contribution < -0.4 is 0 Å². The molecule has 1 unspecified atom stereocenters. The van der Waals surface area contributed by atoms with E-state index in [4.69, 9.17) is 14.2 Å². The van der Waals surface area contributed by atoms with E-state index in [0.29, 0.717) is 19.3 Å². The zero-order valence-electron chi connectivity index (χ0n) is 42.0. The molecule has 368 valence electrons. The number of rotatable bonds is 48. The quantitative estimate of drug-likeness (QED) is 0.0199. The van der Waals surface area contributed by atoms with E-state index >= 15 is 0 Å². The number of allylic oxidation sites excluding steroid dienone is 12. The molecule has 0 spiro atoms. The van der Waals surface area contributed by atoms with E-state index in [1.807, 2.05) is 0 Å². The molecule has 0 saturated heterocycles. The lowest BCUT2D eigenvalue weighted by atomic mass is 10.0. The standard InChI is InChI=1S/C58H100O6/c1-4-7-10-13-16-19-22-25-27-28-29-30-32-33-36-39-42-45-48-51-57(60)63-54-55(53-62-56(59)50-47-44-41-38-35-24-21-18-15-12-9-6-3)64-58(61)52-49-46-43-40-37-34-31-26-23-20-17-14-11-8-5-2/h8-9,11-12,14,17-18,20-21,23,35,38,55H,4-7,10,13,15-16,19,22,24-34,36-37,39-54H2,1-3H3/b11-8-,12-9-,17-14-,21-18-,23-20-,38-35-. The van der Waals surface area contributed by atoms with Gasteiger partial charge in [-0.2, -0.15) is 0 Å². The van der Waals surface area contributed by atoms with E-state index in [2.05, 4.69) is 93.7 Å². The van der Waals surface area contributed by atoms with Crippen LogP contribution in [0.5, 0.6) is 0 Å². The van der Waals surface area contributed by atoms with E-state index in [9.17, 15) is 14.4 Å². The molecule has 0 aliphatic heterocycles. The number of hydrogen-bond donors (Lipinski definition) is 0. The number of ether oxygens (including phenoxy) is 3. The summed E-state index contributed by atoms with van der Waals surface area (Å²) in [5.74, 6) is -0.939. The number of carbonyl (C=O) groups excluding carboxylic acids is 3. The van der Waals surface area contributed by atoms with Gasteiger partial charge in [-0.1, -0.05) is 241 Å². The Bertz CT molecular complexity index is 1210. The molecular formula is C58H100O6. The van der Waals surface area contributed by atoms with Crippen LogP contribution in [0.25, 0.3) is 0 Å². The second-order valence-electron chi connectivity index (χ2n) is 17.8. The second-order valence-corrected chi connectivity index (χ2v) is 17.8. The maximum absolute atomic E-state index is 12.8. The number of esters is 3. The van der Waals surface area contributed by atoms with E-state index in [1.165, 1.54) is 128 Å². The van der Waals surface area contributed by atoms with Crippen LogP contribution in [0.2, 0.25) is 0 Å². The van der Waals surface area contributed by atoms with Gasteiger partial charge in [0, 0.05) is 19.3 Å². The Morgan fingerprint density at radius 2 is 0.688 bits per heavy atom. The van der Waals surface area contributed by atoms with E-state index in [0.717, 1.165) is 89.9 Å². The van der Waals surface area contributed by atoms with Crippen LogP contribution in [0.4, 0.5) is 0 Å². The summed E-state index contributed by atoms with van der Waals surface area (Å²) in [6.07, 6.45) is 66.1. The molecule has 0 heterocycles. The summed E-state index contributed by atoms with van der Waals surface area (Å²) >= 11 is 0. The highest BCUT2D eigenvalue weighted by molar-refractivity contribution is 5.71. The van der Waals surface area contributed by atoms with Crippen molar-refractivity contribution in [1.82, 2.24) is 0 Å². The SMILES string of the molecule is CC\C=C/C=C\C=C/CCCCCCCCCC(=O)OC(COC(=O)CCCC/C=C\C/C=C\C/C=C\CC)COC(=O)CCCCCCCCCCCCCCCCCCCCC. The van der Waals surface area contributed by atoms with Crippen molar-refractivity contribution in [3.05, 3.63) is 72.9 Å².